The van der Waals surface area contributed by atoms with Crippen molar-refractivity contribution >= 4 is 32.8 Å². The molecule has 0 spiro atoms. The number of hydrogen-bond acceptors (Lipinski definition) is 7. The van der Waals surface area contributed by atoms with Crippen molar-refractivity contribution < 1.29 is 8.42 Å². The van der Waals surface area contributed by atoms with Gasteiger partial charge in [-0.1, -0.05) is 6.07 Å². The standard InChI is InChI=1S/C22H18N6O2S/c29-31(30,19-13-26-27-14-19)28-18-9-17(11-24-12-18)16-1-2-22-21(10-16)20(5-8-25-22)15-3-6-23-7-4-15/h1-13,19,27-28H,14H2. The van der Waals surface area contributed by atoms with Gasteiger partial charge in [0.15, 0.2) is 0 Å². The zero-order valence-electron chi connectivity index (χ0n) is 16.3. The van der Waals surface area contributed by atoms with Crippen LogP contribution in [-0.4, -0.2) is 41.4 Å². The Hall–Kier alpha value is -3.85. The summed E-state index contributed by atoms with van der Waals surface area (Å²) in [4.78, 5) is 12.8. The predicted octanol–water partition coefficient (Wildman–Crippen LogP) is 3.06. The van der Waals surface area contributed by atoms with Gasteiger partial charge in [-0.15, -0.1) is 0 Å². The Morgan fingerprint density at radius 2 is 1.77 bits per heavy atom. The Morgan fingerprint density at radius 1 is 0.903 bits per heavy atom. The van der Waals surface area contributed by atoms with E-state index in [0.717, 1.165) is 33.2 Å². The second-order valence-electron chi connectivity index (χ2n) is 7.11. The third kappa shape index (κ3) is 3.82. The quantitative estimate of drug-likeness (QED) is 0.504. The van der Waals surface area contributed by atoms with Crippen molar-refractivity contribution in [2.75, 3.05) is 11.3 Å². The molecule has 1 unspecified atom stereocenters. The van der Waals surface area contributed by atoms with Crippen LogP contribution in [0.2, 0.25) is 0 Å². The lowest BCUT2D eigenvalue weighted by atomic mass is 9.98. The van der Waals surface area contributed by atoms with E-state index in [1.54, 1.807) is 30.9 Å². The maximum atomic E-state index is 12.5. The van der Waals surface area contributed by atoms with Gasteiger partial charge in [-0.25, -0.2) is 8.42 Å². The minimum absolute atomic E-state index is 0.248. The summed E-state index contributed by atoms with van der Waals surface area (Å²) in [6.45, 7) is 0.248. The molecule has 1 atom stereocenters. The average molecular weight is 430 g/mol. The number of pyridine rings is 3. The van der Waals surface area contributed by atoms with Crippen molar-refractivity contribution in [3.8, 4) is 22.3 Å². The zero-order valence-corrected chi connectivity index (χ0v) is 17.1. The van der Waals surface area contributed by atoms with Gasteiger partial charge in [-0.2, -0.15) is 5.10 Å². The molecule has 1 aromatic carbocycles. The van der Waals surface area contributed by atoms with Gasteiger partial charge in [0.1, 0.15) is 5.25 Å². The lowest BCUT2D eigenvalue weighted by Gasteiger charge is -2.12. The number of hydrogen-bond donors (Lipinski definition) is 2. The first-order valence-electron chi connectivity index (χ1n) is 9.62. The third-order valence-corrected chi connectivity index (χ3v) is 6.69. The summed E-state index contributed by atoms with van der Waals surface area (Å²) in [5, 5.41) is 4.05. The Morgan fingerprint density at radius 3 is 2.58 bits per heavy atom. The van der Waals surface area contributed by atoms with Crippen LogP contribution in [-0.2, 0) is 10.0 Å². The molecule has 0 radical (unpaired) electrons. The highest BCUT2D eigenvalue weighted by atomic mass is 32.2. The van der Waals surface area contributed by atoms with E-state index in [-0.39, 0.29) is 6.54 Å². The summed E-state index contributed by atoms with van der Waals surface area (Å²) in [5.74, 6) is 0. The fourth-order valence-electron chi connectivity index (χ4n) is 3.52. The fraction of sp³-hybridized carbons (Fsp3) is 0.0909. The molecular weight excluding hydrogens is 412 g/mol. The first kappa shape index (κ1) is 19.1. The van der Waals surface area contributed by atoms with Gasteiger partial charge in [0.05, 0.1) is 23.9 Å². The molecule has 1 aliphatic heterocycles. The van der Waals surface area contributed by atoms with E-state index < -0.39 is 15.3 Å². The summed E-state index contributed by atoms with van der Waals surface area (Å²) in [6, 6.07) is 13.6. The third-order valence-electron chi connectivity index (χ3n) is 5.09. The Labute approximate surface area is 179 Å². The van der Waals surface area contributed by atoms with Crippen molar-refractivity contribution in [1.29, 1.82) is 0 Å². The monoisotopic (exact) mass is 430 g/mol. The fourth-order valence-corrected chi connectivity index (χ4v) is 4.63. The highest BCUT2D eigenvalue weighted by Gasteiger charge is 2.26. The van der Waals surface area contributed by atoms with E-state index >= 15 is 0 Å². The molecule has 154 valence electrons. The van der Waals surface area contributed by atoms with Gasteiger partial charge in [0, 0.05) is 42.0 Å². The van der Waals surface area contributed by atoms with Crippen molar-refractivity contribution in [2.24, 2.45) is 5.10 Å². The van der Waals surface area contributed by atoms with Gasteiger partial charge in [0.2, 0.25) is 10.0 Å². The minimum Gasteiger partial charge on any atom is -0.309 e. The number of benzene rings is 1. The van der Waals surface area contributed by atoms with E-state index in [1.165, 1.54) is 12.4 Å². The number of nitrogens with zero attached hydrogens (tertiary/aromatic N) is 4. The molecule has 2 N–H and O–H groups in total. The topological polar surface area (TPSA) is 109 Å². The van der Waals surface area contributed by atoms with E-state index in [4.69, 9.17) is 0 Å². The van der Waals surface area contributed by atoms with Gasteiger partial charge in [-0.3, -0.25) is 19.7 Å². The Balaban J connectivity index is 1.53. The molecule has 0 amide bonds. The average Bonchev–Trinajstić information content (AvgIpc) is 3.35. The summed E-state index contributed by atoms with van der Waals surface area (Å²) < 4.78 is 27.7. The maximum Gasteiger partial charge on any atom is 0.242 e. The zero-order chi connectivity index (χ0) is 21.3. The largest absolute Gasteiger partial charge is 0.309 e. The smallest absolute Gasteiger partial charge is 0.242 e. The van der Waals surface area contributed by atoms with Crippen LogP contribution in [0.1, 0.15) is 0 Å². The van der Waals surface area contributed by atoms with Crippen LogP contribution in [0.25, 0.3) is 33.2 Å². The molecular formula is C22H18N6O2S. The van der Waals surface area contributed by atoms with E-state index in [0.29, 0.717) is 5.69 Å². The van der Waals surface area contributed by atoms with E-state index in [1.807, 2.05) is 36.4 Å². The number of rotatable bonds is 5. The summed E-state index contributed by atoms with van der Waals surface area (Å²) >= 11 is 0. The number of hydrazone groups is 1. The van der Waals surface area contributed by atoms with Crippen molar-refractivity contribution in [1.82, 2.24) is 20.4 Å². The number of fused-ring (bicyclic) bond motifs is 1. The van der Waals surface area contributed by atoms with Crippen LogP contribution >= 0.6 is 0 Å². The molecule has 9 heteroatoms. The second kappa shape index (κ2) is 7.77. The first-order valence-corrected chi connectivity index (χ1v) is 11.2. The Bertz CT molecular complexity index is 1390. The summed E-state index contributed by atoms with van der Waals surface area (Å²) in [6.07, 6.45) is 9.89. The molecule has 4 heterocycles. The normalized spacial score (nSPS) is 15.7. The van der Waals surface area contributed by atoms with Crippen LogP contribution in [0.5, 0.6) is 0 Å². The SMILES string of the molecule is O=S(=O)(Nc1cncc(-c2ccc3nccc(-c4ccncc4)c3c2)c1)C1C=NNC1. The molecule has 5 rings (SSSR count). The summed E-state index contributed by atoms with van der Waals surface area (Å²) in [7, 11) is -3.61. The maximum absolute atomic E-state index is 12.5. The van der Waals surface area contributed by atoms with Gasteiger partial charge >= 0.3 is 0 Å². The van der Waals surface area contributed by atoms with Gasteiger partial charge in [0.25, 0.3) is 0 Å². The van der Waals surface area contributed by atoms with Crippen LogP contribution in [0.15, 0.2) is 78.6 Å². The predicted molar refractivity (Wildman–Crippen MR) is 121 cm³/mol. The molecule has 3 aromatic heterocycles. The Kier molecular flexibility index (Phi) is 4.79. The van der Waals surface area contributed by atoms with Crippen molar-refractivity contribution in [2.45, 2.75) is 5.25 Å². The highest BCUT2D eigenvalue weighted by Crippen LogP contribution is 2.31. The molecule has 4 aromatic rings. The van der Waals surface area contributed by atoms with Crippen LogP contribution in [0.3, 0.4) is 0 Å². The van der Waals surface area contributed by atoms with Gasteiger partial charge < -0.3 is 5.43 Å². The summed E-state index contributed by atoms with van der Waals surface area (Å²) in [5.41, 5.74) is 7.74. The lowest BCUT2D eigenvalue weighted by molar-refractivity contribution is 0.595. The first-order chi connectivity index (χ1) is 15.1. The highest BCUT2D eigenvalue weighted by molar-refractivity contribution is 7.94. The molecule has 0 aliphatic carbocycles. The molecule has 0 saturated carbocycles. The molecule has 0 bridgehead atoms. The number of anilines is 1. The van der Waals surface area contributed by atoms with Crippen LogP contribution in [0, 0.1) is 0 Å². The number of nitrogens with one attached hydrogen (secondary N) is 2. The molecule has 1 aliphatic rings. The molecule has 8 nitrogen and oxygen atoms in total. The van der Waals surface area contributed by atoms with Crippen LogP contribution in [0.4, 0.5) is 5.69 Å². The van der Waals surface area contributed by atoms with E-state index in [2.05, 4.69) is 30.2 Å². The number of aromatic nitrogens is 3. The van der Waals surface area contributed by atoms with Crippen molar-refractivity contribution in [3.05, 3.63) is 73.4 Å². The molecule has 0 saturated heterocycles. The minimum atomic E-state index is -3.61. The molecule has 31 heavy (non-hydrogen) atoms. The van der Waals surface area contributed by atoms with E-state index in [9.17, 15) is 8.42 Å². The van der Waals surface area contributed by atoms with Gasteiger partial charge in [-0.05, 0) is 53.1 Å². The number of sulfonamides is 1. The molecule has 0 fully saturated rings. The van der Waals surface area contributed by atoms with Crippen LogP contribution < -0.4 is 10.1 Å². The van der Waals surface area contributed by atoms with Crippen molar-refractivity contribution in [3.63, 3.8) is 0 Å². The second-order valence-corrected chi connectivity index (χ2v) is 9.01. The lowest BCUT2D eigenvalue weighted by Crippen LogP contribution is -2.32.